The van der Waals surface area contributed by atoms with E-state index in [0.717, 1.165) is 29.2 Å². The molecule has 1 amide bonds. The SMILES string of the molecule is Cc1ccc(CN(C=O)/C(=C\N(C)C)Nc2ccc(Oc3ccccc3)cc2)cc1. The molecule has 0 aliphatic heterocycles. The Balaban J connectivity index is 1.73. The summed E-state index contributed by atoms with van der Waals surface area (Å²) < 4.78 is 5.84. The number of ether oxygens (including phenoxy) is 1. The number of hydrogen-bond donors (Lipinski definition) is 1. The molecular formula is C25H27N3O2. The topological polar surface area (TPSA) is 44.8 Å². The molecule has 0 fully saturated rings. The van der Waals surface area contributed by atoms with Gasteiger partial charge in [0.1, 0.15) is 17.3 Å². The lowest BCUT2D eigenvalue weighted by Gasteiger charge is -2.24. The second kappa shape index (κ2) is 10.2. The first kappa shape index (κ1) is 21.0. The minimum atomic E-state index is 0.478. The van der Waals surface area contributed by atoms with E-state index in [1.54, 1.807) is 4.90 Å². The highest BCUT2D eigenvalue weighted by Gasteiger charge is 2.11. The molecule has 0 aliphatic rings. The van der Waals surface area contributed by atoms with Gasteiger partial charge in [0.05, 0.1) is 6.54 Å². The van der Waals surface area contributed by atoms with Crippen LogP contribution in [0, 0.1) is 6.92 Å². The van der Waals surface area contributed by atoms with Crippen molar-refractivity contribution < 1.29 is 9.53 Å². The smallest absolute Gasteiger partial charge is 0.215 e. The van der Waals surface area contributed by atoms with Crippen LogP contribution in [-0.2, 0) is 11.3 Å². The first-order valence-corrected chi connectivity index (χ1v) is 9.79. The van der Waals surface area contributed by atoms with Crippen molar-refractivity contribution in [2.45, 2.75) is 13.5 Å². The lowest BCUT2D eigenvalue weighted by Crippen LogP contribution is -2.27. The van der Waals surface area contributed by atoms with Gasteiger partial charge in [-0.25, -0.2) is 0 Å². The van der Waals surface area contributed by atoms with Gasteiger partial charge in [-0.1, -0.05) is 48.0 Å². The van der Waals surface area contributed by atoms with Crippen LogP contribution in [0.25, 0.3) is 0 Å². The first-order valence-electron chi connectivity index (χ1n) is 9.79. The normalized spacial score (nSPS) is 11.0. The molecule has 3 aromatic rings. The van der Waals surface area contributed by atoms with Crippen molar-refractivity contribution in [3.05, 3.63) is 102 Å². The minimum Gasteiger partial charge on any atom is -0.457 e. The highest BCUT2D eigenvalue weighted by Crippen LogP contribution is 2.24. The van der Waals surface area contributed by atoms with E-state index in [2.05, 4.69) is 5.32 Å². The number of benzene rings is 3. The highest BCUT2D eigenvalue weighted by atomic mass is 16.5. The molecule has 0 spiro atoms. The Morgan fingerprint density at radius 3 is 2.13 bits per heavy atom. The summed E-state index contributed by atoms with van der Waals surface area (Å²) in [7, 11) is 3.85. The minimum absolute atomic E-state index is 0.478. The lowest BCUT2D eigenvalue weighted by molar-refractivity contribution is -0.116. The van der Waals surface area contributed by atoms with E-state index < -0.39 is 0 Å². The molecule has 0 bridgehead atoms. The van der Waals surface area contributed by atoms with Gasteiger partial charge in [0.15, 0.2) is 0 Å². The number of para-hydroxylation sites is 1. The van der Waals surface area contributed by atoms with E-state index in [9.17, 15) is 4.79 Å². The summed E-state index contributed by atoms with van der Waals surface area (Å²) in [5.41, 5.74) is 3.11. The van der Waals surface area contributed by atoms with E-state index in [1.165, 1.54) is 5.56 Å². The molecule has 1 N–H and O–H groups in total. The van der Waals surface area contributed by atoms with Gasteiger partial charge in [0.25, 0.3) is 0 Å². The van der Waals surface area contributed by atoms with Gasteiger partial charge >= 0.3 is 0 Å². The van der Waals surface area contributed by atoms with Crippen LogP contribution in [0.15, 0.2) is 90.9 Å². The van der Waals surface area contributed by atoms with Crippen molar-refractivity contribution >= 4 is 12.1 Å². The summed E-state index contributed by atoms with van der Waals surface area (Å²) in [6.07, 6.45) is 2.73. The van der Waals surface area contributed by atoms with Crippen LogP contribution >= 0.6 is 0 Å². The van der Waals surface area contributed by atoms with Gasteiger partial charge in [0.2, 0.25) is 6.41 Å². The predicted molar refractivity (Wildman–Crippen MR) is 121 cm³/mol. The molecule has 0 aliphatic carbocycles. The first-order chi connectivity index (χ1) is 14.5. The monoisotopic (exact) mass is 401 g/mol. The van der Waals surface area contributed by atoms with Gasteiger partial charge in [0, 0.05) is 26.0 Å². The number of carbonyl (C=O) groups is 1. The molecular weight excluding hydrogens is 374 g/mol. The van der Waals surface area contributed by atoms with E-state index in [4.69, 9.17) is 4.74 Å². The summed E-state index contributed by atoms with van der Waals surface area (Å²) in [4.78, 5) is 15.4. The zero-order valence-corrected chi connectivity index (χ0v) is 17.6. The molecule has 0 atom stereocenters. The fraction of sp³-hybridized carbons (Fsp3) is 0.160. The standard InChI is InChI=1S/C25H27N3O2/c1-20-9-11-21(12-10-20)17-28(19-29)25(18-27(2)3)26-22-13-15-24(16-14-22)30-23-7-5-4-6-8-23/h4-16,18-19,26H,17H2,1-3H3/b25-18-. The van der Waals surface area contributed by atoms with Crippen molar-refractivity contribution in [3.8, 4) is 11.5 Å². The van der Waals surface area contributed by atoms with Gasteiger partial charge in [-0.2, -0.15) is 0 Å². The third-order valence-electron chi connectivity index (χ3n) is 4.40. The molecule has 5 heteroatoms. The van der Waals surface area contributed by atoms with Crippen LogP contribution in [0.3, 0.4) is 0 Å². The second-order valence-electron chi connectivity index (χ2n) is 7.26. The number of rotatable bonds is 9. The van der Waals surface area contributed by atoms with Crippen molar-refractivity contribution in [1.29, 1.82) is 0 Å². The number of anilines is 1. The maximum absolute atomic E-state index is 11.9. The van der Waals surface area contributed by atoms with E-state index in [-0.39, 0.29) is 0 Å². The number of nitrogens with zero attached hydrogens (tertiary/aromatic N) is 2. The summed E-state index contributed by atoms with van der Waals surface area (Å²) in [5, 5.41) is 3.34. The molecule has 0 aromatic heterocycles. The third-order valence-corrected chi connectivity index (χ3v) is 4.40. The largest absolute Gasteiger partial charge is 0.457 e. The molecule has 3 rings (SSSR count). The lowest BCUT2D eigenvalue weighted by atomic mass is 10.1. The summed E-state index contributed by atoms with van der Waals surface area (Å²) in [5.74, 6) is 2.22. The summed E-state index contributed by atoms with van der Waals surface area (Å²) in [6.45, 7) is 2.52. The Hall–Kier alpha value is -3.73. The fourth-order valence-electron chi connectivity index (χ4n) is 2.87. The molecule has 5 nitrogen and oxygen atoms in total. The zero-order valence-electron chi connectivity index (χ0n) is 17.6. The summed E-state index contributed by atoms with van der Waals surface area (Å²) in [6, 6.07) is 25.5. The van der Waals surface area contributed by atoms with Crippen molar-refractivity contribution in [2.24, 2.45) is 0 Å². The fourth-order valence-corrected chi connectivity index (χ4v) is 2.87. The number of amides is 1. The van der Waals surface area contributed by atoms with Crippen molar-refractivity contribution in [2.75, 3.05) is 19.4 Å². The molecule has 3 aromatic carbocycles. The maximum Gasteiger partial charge on any atom is 0.215 e. The Morgan fingerprint density at radius 1 is 0.900 bits per heavy atom. The van der Waals surface area contributed by atoms with Crippen LogP contribution < -0.4 is 10.1 Å². The third kappa shape index (κ3) is 6.14. The van der Waals surface area contributed by atoms with Gasteiger partial charge < -0.3 is 15.0 Å². The predicted octanol–water partition coefficient (Wildman–Crippen LogP) is 5.22. The molecule has 0 saturated carbocycles. The number of carbonyl (C=O) groups excluding carboxylic acids is 1. The van der Waals surface area contributed by atoms with E-state index in [0.29, 0.717) is 12.4 Å². The number of nitrogens with one attached hydrogen (secondary N) is 1. The van der Waals surface area contributed by atoms with Crippen LogP contribution in [0.4, 0.5) is 5.69 Å². The molecule has 0 radical (unpaired) electrons. The van der Waals surface area contributed by atoms with Crippen LogP contribution in [0.5, 0.6) is 11.5 Å². The van der Waals surface area contributed by atoms with Gasteiger partial charge in [-0.3, -0.25) is 9.69 Å². The average Bonchev–Trinajstić information content (AvgIpc) is 2.75. The average molecular weight is 402 g/mol. The zero-order chi connectivity index (χ0) is 21.3. The van der Waals surface area contributed by atoms with E-state index in [1.807, 2.05) is 111 Å². The van der Waals surface area contributed by atoms with Gasteiger partial charge in [-0.05, 0) is 48.9 Å². The molecule has 0 heterocycles. The highest BCUT2D eigenvalue weighted by molar-refractivity contribution is 5.57. The number of hydrogen-bond acceptors (Lipinski definition) is 4. The molecule has 154 valence electrons. The Labute approximate surface area is 178 Å². The van der Waals surface area contributed by atoms with Gasteiger partial charge in [-0.15, -0.1) is 0 Å². The second-order valence-corrected chi connectivity index (χ2v) is 7.26. The maximum atomic E-state index is 11.9. The molecule has 30 heavy (non-hydrogen) atoms. The van der Waals surface area contributed by atoms with Crippen LogP contribution in [-0.4, -0.2) is 30.3 Å². The van der Waals surface area contributed by atoms with Crippen molar-refractivity contribution in [3.63, 3.8) is 0 Å². The van der Waals surface area contributed by atoms with Crippen molar-refractivity contribution in [1.82, 2.24) is 9.80 Å². The van der Waals surface area contributed by atoms with Crippen LogP contribution in [0.2, 0.25) is 0 Å². The Bertz CT molecular complexity index is 966. The molecule has 0 saturated heterocycles. The number of aryl methyl sites for hydroxylation is 1. The Kier molecular flexibility index (Phi) is 7.11. The molecule has 0 unspecified atom stereocenters. The van der Waals surface area contributed by atoms with Crippen LogP contribution in [0.1, 0.15) is 11.1 Å². The quantitative estimate of drug-likeness (QED) is 0.500. The summed E-state index contributed by atoms with van der Waals surface area (Å²) >= 11 is 0. The Morgan fingerprint density at radius 2 is 1.53 bits per heavy atom. The van der Waals surface area contributed by atoms with E-state index >= 15 is 0 Å².